The van der Waals surface area contributed by atoms with Gasteiger partial charge in [0.1, 0.15) is 10.9 Å². The summed E-state index contributed by atoms with van der Waals surface area (Å²) in [6, 6.07) is 0. The van der Waals surface area contributed by atoms with Crippen molar-refractivity contribution in [3.63, 3.8) is 0 Å². The van der Waals surface area contributed by atoms with Crippen LogP contribution >= 0.6 is 11.6 Å². The molecule has 6 heteroatoms. The van der Waals surface area contributed by atoms with Gasteiger partial charge in [-0.05, 0) is 13.6 Å². The summed E-state index contributed by atoms with van der Waals surface area (Å²) in [6.07, 6.45) is -3.63. The van der Waals surface area contributed by atoms with Gasteiger partial charge >= 0.3 is 6.18 Å². The third-order valence-corrected chi connectivity index (χ3v) is 1.14. The predicted octanol–water partition coefficient (Wildman–Crippen LogP) is 2.75. The molecule has 0 saturated heterocycles. The van der Waals surface area contributed by atoms with Crippen LogP contribution in [-0.4, -0.2) is 18.6 Å². The van der Waals surface area contributed by atoms with Crippen molar-refractivity contribution in [3.8, 4) is 0 Å². The fourth-order valence-corrected chi connectivity index (χ4v) is 0.313. The van der Waals surface area contributed by atoms with E-state index >= 15 is 0 Å². The molecule has 0 spiro atoms. The summed E-state index contributed by atoms with van der Waals surface area (Å²) in [5.41, 5.74) is -0.982. The Hall–Kier alpha value is -0.840. The molecular formula is C6H6ClF3N2. The van der Waals surface area contributed by atoms with Gasteiger partial charge in [0.2, 0.25) is 0 Å². The van der Waals surface area contributed by atoms with Crippen molar-refractivity contribution >= 4 is 24.0 Å². The number of hydrogen-bond acceptors (Lipinski definition) is 2. The van der Waals surface area contributed by atoms with Crippen LogP contribution in [-0.2, 0) is 0 Å². The molecule has 12 heavy (non-hydrogen) atoms. The number of aliphatic imine (C=N–C) groups is 2. The van der Waals surface area contributed by atoms with Gasteiger partial charge in [-0.2, -0.15) is 13.2 Å². The maximum absolute atomic E-state index is 11.8. The van der Waals surface area contributed by atoms with E-state index in [-0.39, 0.29) is 5.16 Å². The van der Waals surface area contributed by atoms with Crippen molar-refractivity contribution in [1.82, 2.24) is 0 Å². The lowest BCUT2D eigenvalue weighted by atomic mass is 10.4. The second kappa shape index (κ2) is 4.25. The van der Waals surface area contributed by atoms with Crippen molar-refractivity contribution in [2.75, 3.05) is 0 Å². The Bertz CT molecular complexity index is 229. The molecule has 0 bridgehead atoms. The Morgan fingerprint density at radius 1 is 1.50 bits per heavy atom. The van der Waals surface area contributed by atoms with Crippen LogP contribution in [0.5, 0.6) is 0 Å². The van der Waals surface area contributed by atoms with Crippen molar-refractivity contribution < 1.29 is 13.2 Å². The van der Waals surface area contributed by atoms with Gasteiger partial charge in [0.15, 0.2) is 0 Å². The van der Waals surface area contributed by atoms with Gasteiger partial charge in [-0.1, -0.05) is 11.6 Å². The van der Waals surface area contributed by atoms with Crippen LogP contribution in [0.3, 0.4) is 0 Å². The molecule has 0 atom stereocenters. The Labute approximate surface area is 72.5 Å². The monoisotopic (exact) mass is 198 g/mol. The van der Waals surface area contributed by atoms with Crippen molar-refractivity contribution in [1.29, 1.82) is 0 Å². The van der Waals surface area contributed by atoms with Crippen molar-refractivity contribution in [2.24, 2.45) is 9.98 Å². The Balaban J connectivity index is 4.49. The molecule has 2 nitrogen and oxygen atoms in total. The molecule has 0 saturated carbocycles. The highest BCUT2D eigenvalue weighted by Crippen LogP contribution is 2.17. The van der Waals surface area contributed by atoms with E-state index in [1.54, 1.807) is 0 Å². The summed E-state index contributed by atoms with van der Waals surface area (Å²) in [5.74, 6) is 0. The average Bonchev–Trinajstić information content (AvgIpc) is 1.97. The van der Waals surface area contributed by atoms with Crippen LogP contribution in [0.2, 0.25) is 0 Å². The van der Waals surface area contributed by atoms with Crippen LogP contribution in [0, 0.1) is 0 Å². The summed E-state index contributed by atoms with van der Waals surface area (Å²) >= 11 is 5.22. The summed E-state index contributed by atoms with van der Waals surface area (Å²) in [4.78, 5) is 6.17. The van der Waals surface area contributed by atoms with E-state index in [0.717, 1.165) is 13.1 Å². The van der Waals surface area contributed by atoms with Gasteiger partial charge in [-0.15, -0.1) is 0 Å². The summed E-state index contributed by atoms with van der Waals surface area (Å²) in [5, 5.41) is -0.182. The summed E-state index contributed by atoms with van der Waals surface area (Å²) in [6.45, 7) is 3.84. The normalized spacial score (nSPS) is 14.8. The molecule has 0 fully saturated rings. The maximum atomic E-state index is 11.8. The minimum absolute atomic E-state index is 0.182. The zero-order valence-electron chi connectivity index (χ0n) is 6.19. The molecule has 0 heterocycles. The first-order valence-corrected chi connectivity index (χ1v) is 3.19. The highest BCUT2D eigenvalue weighted by molar-refractivity contribution is 6.29. The van der Waals surface area contributed by atoms with Gasteiger partial charge in [0.05, 0.1) is 6.20 Å². The quantitative estimate of drug-likeness (QED) is 0.482. The molecule has 0 rings (SSSR count). The van der Waals surface area contributed by atoms with E-state index < -0.39 is 11.9 Å². The summed E-state index contributed by atoms with van der Waals surface area (Å²) < 4.78 is 35.3. The van der Waals surface area contributed by atoms with Gasteiger partial charge < -0.3 is 0 Å². The number of nitrogens with zero attached hydrogens (tertiary/aromatic N) is 2. The first-order chi connectivity index (χ1) is 5.38. The zero-order valence-corrected chi connectivity index (χ0v) is 6.95. The lowest BCUT2D eigenvalue weighted by Crippen LogP contribution is -2.18. The number of rotatable bonds is 2. The molecule has 68 valence electrons. The molecule has 0 unspecified atom stereocenters. The molecule has 0 aliphatic carbocycles. The topological polar surface area (TPSA) is 24.7 Å². The Kier molecular flexibility index (Phi) is 3.95. The largest absolute Gasteiger partial charge is 0.429 e. The first kappa shape index (κ1) is 11.2. The van der Waals surface area contributed by atoms with Crippen molar-refractivity contribution in [3.05, 3.63) is 11.4 Å². The van der Waals surface area contributed by atoms with Crippen LogP contribution in [0.15, 0.2) is 21.3 Å². The first-order valence-electron chi connectivity index (χ1n) is 2.82. The molecule has 0 N–H and O–H groups in total. The van der Waals surface area contributed by atoms with E-state index in [2.05, 4.69) is 16.7 Å². The third-order valence-electron chi connectivity index (χ3n) is 0.926. The van der Waals surface area contributed by atoms with Crippen LogP contribution in [0.25, 0.3) is 0 Å². The lowest BCUT2D eigenvalue weighted by molar-refractivity contribution is -0.0591. The molecule has 0 aromatic heterocycles. The van der Waals surface area contributed by atoms with Crippen molar-refractivity contribution in [2.45, 2.75) is 13.1 Å². The second-order valence-corrected chi connectivity index (χ2v) is 2.21. The molecular weight excluding hydrogens is 193 g/mol. The average molecular weight is 199 g/mol. The highest BCUT2D eigenvalue weighted by atomic mass is 35.5. The number of halogens is 4. The van der Waals surface area contributed by atoms with Crippen LogP contribution in [0.1, 0.15) is 6.92 Å². The van der Waals surface area contributed by atoms with E-state index in [9.17, 15) is 13.2 Å². The fraction of sp³-hybridized carbons (Fsp3) is 0.333. The second-order valence-electron chi connectivity index (χ2n) is 1.82. The highest BCUT2D eigenvalue weighted by Gasteiger charge is 2.31. The molecule has 0 aliphatic heterocycles. The lowest BCUT2D eigenvalue weighted by Gasteiger charge is -2.02. The van der Waals surface area contributed by atoms with E-state index in [1.165, 1.54) is 0 Å². The molecule has 0 radical (unpaired) electrons. The van der Waals surface area contributed by atoms with Crippen LogP contribution < -0.4 is 0 Å². The molecule has 0 amide bonds. The van der Waals surface area contributed by atoms with Gasteiger partial charge in [-0.25, -0.2) is 0 Å². The predicted molar refractivity (Wildman–Crippen MR) is 42.6 cm³/mol. The number of hydrogen-bond donors (Lipinski definition) is 0. The molecule has 0 aliphatic rings. The number of alkyl halides is 3. The van der Waals surface area contributed by atoms with E-state index in [4.69, 9.17) is 11.6 Å². The van der Waals surface area contributed by atoms with Gasteiger partial charge in [-0.3, -0.25) is 9.98 Å². The summed E-state index contributed by atoms with van der Waals surface area (Å²) in [7, 11) is 0. The maximum Gasteiger partial charge on any atom is 0.429 e. The Morgan fingerprint density at radius 3 is 2.33 bits per heavy atom. The smallest absolute Gasteiger partial charge is 0.253 e. The third kappa shape index (κ3) is 4.12. The fourth-order valence-electron chi connectivity index (χ4n) is 0.264. The van der Waals surface area contributed by atoms with Gasteiger partial charge in [0, 0.05) is 0 Å². The molecule has 0 aromatic rings. The standard InChI is InChI=1S/C6H6ClF3N2/c1-4(6(8,9)10)12-3-5(7)11-2/h3H,2H2,1H3/b5-3-,12-4?. The SMILES string of the molecule is C=N/C(Cl)=C\N=C(C)C(F)(F)F. The zero-order chi connectivity index (χ0) is 9.78. The minimum atomic E-state index is -4.42. The Morgan fingerprint density at radius 2 is 2.00 bits per heavy atom. The molecule has 0 aromatic carbocycles. The van der Waals surface area contributed by atoms with E-state index in [0.29, 0.717) is 0 Å². The minimum Gasteiger partial charge on any atom is -0.253 e. The van der Waals surface area contributed by atoms with Gasteiger partial charge in [0.25, 0.3) is 0 Å². The van der Waals surface area contributed by atoms with Crippen LogP contribution in [0.4, 0.5) is 13.2 Å². The van der Waals surface area contributed by atoms with E-state index in [1.807, 2.05) is 0 Å².